The Kier molecular flexibility index (Phi) is 305. The normalized spacial score (nSPS) is 6.14. The maximum Gasteiger partial charge on any atom is 0.0647 e. The van der Waals surface area contributed by atoms with Gasteiger partial charge in [0.05, 0.1) is 113 Å². The van der Waals surface area contributed by atoms with Crippen molar-refractivity contribution in [3.05, 3.63) is 0 Å². The molecule has 0 aromatic carbocycles. The molecule has 0 aliphatic heterocycles. The number of hydrogen-bond acceptors (Lipinski definition) is 16. The number of carboxylic acids is 8. The van der Waals surface area contributed by atoms with E-state index in [1.54, 1.807) is 0 Å². The van der Waals surface area contributed by atoms with E-state index in [4.69, 9.17) is 79.2 Å². The highest BCUT2D eigenvalue weighted by atomic mass is 16.4. The van der Waals surface area contributed by atoms with Gasteiger partial charge in [-0.1, -0.05) is 0 Å². The molecule has 0 aliphatic rings. The quantitative estimate of drug-likeness (QED) is 0.112. The molecule has 0 rings (SSSR count). The van der Waals surface area contributed by atoms with E-state index in [-0.39, 0.29) is 0 Å². The molecule has 0 saturated heterocycles. The van der Waals surface area contributed by atoms with Crippen molar-refractivity contribution in [2.24, 2.45) is 0 Å². The Morgan fingerprint density at radius 2 is 0.196 bits per heavy atom. The van der Waals surface area contributed by atoms with Gasteiger partial charge in [-0.05, 0) is 55.4 Å². The maximum atomic E-state index is 8.89. The number of rotatable bonds is 0. The van der Waals surface area contributed by atoms with Crippen molar-refractivity contribution < 1.29 is 122 Å². The predicted molar refractivity (Wildman–Crippen MR) is 196 cm³/mol. The van der Waals surface area contributed by atoms with Gasteiger partial charge in [-0.25, -0.2) is 0 Å². The minimum absolute atomic E-state index is 0.972. The van der Waals surface area contributed by atoms with Gasteiger partial charge in [0.15, 0.2) is 0 Å². The average molecular weight is 841 g/mol. The van der Waals surface area contributed by atoms with Crippen LogP contribution in [0.15, 0.2) is 0 Å². The summed E-state index contributed by atoms with van der Waals surface area (Å²) in [7, 11) is 32.0. The van der Waals surface area contributed by atoms with Crippen molar-refractivity contribution in [1.82, 2.24) is 0 Å². The molecule has 0 atom stereocenters. The van der Waals surface area contributed by atoms with Crippen LogP contribution in [0.3, 0.4) is 0 Å². The maximum absolute atomic E-state index is 8.89. The van der Waals surface area contributed by atoms with Crippen LogP contribution in [0.4, 0.5) is 0 Å². The van der Waals surface area contributed by atoms with Crippen molar-refractivity contribution in [1.29, 1.82) is 0 Å². The highest BCUT2D eigenvalue weighted by Gasteiger charge is 1.49. The first kappa shape index (κ1) is 104. The van der Waals surface area contributed by atoms with E-state index in [1.165, 1.54) is 0 Å². The molecule has 0 amide bonds. The summed E-state index contributed by atoms with van der Waals surface area (Å²) in [6, 6.07) is 0. The smallest absolute Gasteiger partial charge is 0.0647 e. The molecule has 0 radical (unpaired) electrons. The van der Waals surface area contributed by atoms with Crippen LogP contribution in [0.5, 0.6) is 0 Å². The van der Waals surface area contributed by atoms with Crippen molar-refractivity contribution in [2.45, 2.75) is 55.4 Å². The topological polar surface area (TPSA) is 454 Å². The number of carboxylic acid groups (broad SMARTS) is 8. The van der Waals surface area contributed by atoms with Gasteiger partial charge in [-0.3, -0.25) is 0 Å². The molecule has 0 saturated carbocycles. The number of quaternary nitrogens is 8. The molecule has 0 heterocycles. The minimum atomic E-state index is -1.08. The van der Waals surface area contributed by atoms with Gasteiger partial charge in [0, 0.05) is 47.8 Å². The Morgan fingerprint density at radius 3 is 0.196 bits per heavy atom. The van der Waals surface area contributed by atoms with Gasteiger partial charge in [-0.2, -0.15) is 0 Å². The fourth-order valence-electron chi connectivity index (χ4n) is 0. The Balaban J connectivity index is -0.0000000218. The molecule has 0 fully saturated rings. The third kappa shape index (κ3) is 5580. The summed E-state index contributed by atoms with van der Waals surface area (Å²) in [5, 5.41) is 87.1. The highest BCUT2D eigenvalue weighted by Crippen LogP contribution is 1.33. The predicted octanol–water partition coefficient (Wildman–Crippen LogP) is -19.5. The Hall–Kier alpha value is -4.56. The monoisotopic (exact) mass is 841 g/mol. The fraction of sp³-hybridized carbons (Fsp3) is 0.750. The standard InChI is InChI=1S/8C2H7N.8C2H4O2/c8*1-3-2;8*1-2(3)4/h8*3H,1-2H3;8*1H3,(H,3,4). The van der Waals surface area contributed by atoms with Crippen molar-refractivity contribution in [3.8, 4) is 0 Å². The third-order valence-electron chi connectivity index (χ3n) is 0. The molecule has 0 aromatic rings. The van der Waals surface area contributed by atoms with Crippen molar-refractivity contribution >= 4 is 47.8 Å². The first-order chi connectivity index (χ1) is 25.2. The van der Waals surface area contributed by atoms with Crippen molar-refractivity contribution in [3.63, 3.8) is 0 Å². The van der Waals surface area contributed by atoms with Crippen LogP contribution in [0.25, 0.3) is 0 Å². The lowest BCUT2D eigenvalue weighted by molar-refractivity contribution is -0.597. The first-order valence-corrected chi connectivity index (χ1v) is 16.5. The van der Waals surface area contributed by atoms with E-state index in [0.29, 0.717) is 0 Å². The highest BCUT2D eigenvalue weighted by molar-refractivity contribution is 5.61. The molecule has 0 aliphatic carbocycles. The summed E-state index contributed by atoms with van der Waals surface area (Å²) >= 11 is 0. The second kappa shape index (κ2) is 164. The summed E-state index contributed by atoms with van der Waals surface area (Å²) in [6.07, 6.45) is 0. The van der Waals surface area contributed by atoms with E-state index < -0.39 is 47.8 Å². The zero-order valence-electron chi connectivity index (χ0n) is 39.2. The Bertz CT molecular complexity index is 496. The van der Waals surface area contributed by atoms with Crippen LogP contribution in [-0.4, -0.2) is 161 Å². The summed E-state index contributed by atoms with van der Waals surface area (Å²) in [5.41, 5.74) is 0. The molecule has 0 bridgehead atoms. The number of hydrogen-bond donors (Lipinski definition) is 8. The SMILES string of the molecule is CC(=O)[O-].CC(=O)[O-].CC(=O)[O-].CC(=O)[O-].CC(=O)[O-].CC(=O)[O-].CC(=O)[O-].CC(=O)[O-].C[NH2+]C.C[NH2+]C.C[NH2+]C.C[NH2+]C.C[NH2+]C.C[NH2+]C.C[NH2+]C.C[NH2+]C. The summed E-state index contributed by atoms with van der Waals surface area (Å²) in [5.74, 6) is -8.67. The molecule has 0 aromatic heterocycles. The number of carbonyl (C=O) groups is 8. The summed E-state index contributed by atoms with van der Waals surface area (Å²) in [4.78, 5) is 71.1. The zero-order valence-corrected chi connectivity index (χ0v) is 39.2. The van der Waals surface area contributed by atoms with Crippen LogP contribution in [0, 0.1) is 0 Å². The van der Waals surface area contributed by atoms with Crippen LogP contribution in [0.1, 0.15) is 55.4 Å². The van der Waals surface area contributed by atoms with Crippen molar-refractivity contribution in [2.75, 3.05) is 113 Å². The second-order valence-corrected chi connectivity index (χ2v) is 8.55. The molecule has 16 N–H and O–H groups in total. The molecule has 24 nitrogen and oxygen atoms in total. The van der Waals surface area contributed by atoms with Gasteiger partial charge < -0.3 is 122 Å². The first-order valence-electron chi connectivity index (χ1n) is 16.5. The van der Waals surface area contributed by atoms with E-state index in [0.717, 1.165) is 55.4 Å². The molecule has 56 heavy (non-hydrogen) atoms. The van der Waals surface area contributed by atoms with Crippen LogP contribution >= 0.6 is 0 Å². The molecule has 24 heteroatoms. The van der Waals surface area contributed by atoms with E-state index in [9.17, 15) is 0 Å². The second-order valence-electron chi connectivity index (χ2n) is 8.55. The Morgan fingerprint density at radius 1 is 0.196 bits per heavy atom. The third-order valence-corrected chi connectivity index (χ3v) is 0. The van der Waals surface area contributed by atoms with Gasteiger partial charge in [-0.15, -0.1) is 0 Å². The lowest BCUT2D eigenvalue weighted by Gasteiger charge is -1.77. The number of nitrogens with two attached hydrogens (primary N) is 8. The molecule has 0 spiro atoms. The minimum Gasteiger partial charge on any atom is -0.550 e. The molecular weight excluding hydrogens is 752 g/mol. The van der Waals surface area contributed by atoms with Crippen LogP contribution < -0.4 is 83.4 Å². The summed E-state index contributed by atoms with van der Waals surface area (Å²) in [6.45, 7) is 7.78. The van der Waals surface area contributed by atoms with E-state index in [2.05, 4.69) is 0 Å². The fourth-order valence-corrected chi connectivity index (χ4v) is 0. The average Bonchev–Trinajstić information content (AvgIpc) is 2.90. The van der Waals surface area contributed by atoms with Gasteiger partial charge >= 0.3 is 0 Å². The lowest BCUT2D eigenvalue weighted by Crippen LogP contribution is -2.74. The Labute approximate surface area is 337 Å². The number of aliphatic carboxylic acids is 8. The van der Waals surface area contributed by atoms with Gasteiger partial charge in [0.1, 0.15) is 0 Å². The number of carbonyl (C=O) groups excluding carboxylic acids is 8. The van der Waals surface area contributed by atoms with Gasteiger partial charge in [0.25, 0.3) is 0 Å². The lowest BCUT2D eigenvalue weighted by atomic mass is 10.9. The molecule has 0 unspecified atom stereocenters. The van der Waals surface area contributed by atoms with E-state index >= 15 is 0 Å². The summed E-state index contributed by atoms with van der Waals surface area (Å²) < 4.78 is 0. The molecule has 352 valence electrons. The largest absolute Gasteiger partial charge is 0.550 e. The zero-order chi connectivity index (χ0) is 50.3. The van der Waals surface area contributed by atoms with Gasteiger partial charge in [0.2, 0.25) is 0 Å². The van der Waals surface area contributed by atoms with Crippen LogP contribution in [-0.2, 0) is 38.4 Å². The van der Waals surface area contributed by atoms with Crippen LogP contribution in [0.2, 0.25) is 0 Å². The van der Waals surface area contributed by atoms with E-state index in [1.807, 2.05) is 155 Å². The molecular formula is C32H88N8O16.